The minimum atomic E-state index is -0.799. The molecule has 1 aliphatic carbocycles. The molecule has 0 saturated heterocycles. The van der Waals surface area contributed by atoms with Crippen LogP contribution in [0.5, 0.6) is 0 Å². The average Bonchev–Trinajstić information content (AvgIpc) is 2.50. The fourth-order valence-corrected chi connectivity index (χ4v) is 4.50. The molecule has 6 heteroatoms. The van der Waals surface area contributed by atoms with Gasteiger partial charge in [0, 0.05) is 0 Å². The van der Waals surface area contributed by atoms with E-state index in [-0.39, 0.29) is 11.9 Å². The molecule has 0 bridgehead atoms. The van der Waals surface area contributed by atoms with Gasteiger partial charge in [0.1, 0.15) is 5.60 Å². The van der Waals surface area contributed by atoms with Gasteiger partial charge in [-0.25, -0.2) is 4.79 Å². The van der Waals surface area contributed by atoms with E-state index in [1.807, 2.05) is 34.6 Å². The fourth-order valence-electron chi connectivity index (χ4n) is 3.36. The second-order valence-electron chi connectivity index (χ2n) is 8.39. The first-order valence-electron chi connectivity index (χ1n) is 9.56. The minimum Gasteiger partial charge on any atom is -0.444 e. The van der Waals surface area contributed by atoms with Crippen molar-refractivity contribution in [1.29, 1.82) is 0 Å². The number of rotatable bonds is 8. The first-order valence-corrected chi connectivity index (χ1v) is 10.5. The molecule has 1 saturated carbocycles. The van der Waals surface area contributed by atoms with Crippen LogP contribution in [0.1, 0.15) is 73.1 Å². The van der Waals surface area contributed by atoms with Crippen LogP contribution in [0, 0.1) is 5.92 Å². The number of nitrogens with one attached hydrogen (secondary N) is 1. The lowest BCUT2D eigenvalue weighted by atomic mass is 9.83. The molecule has 3 N–H and O–H groups in total. The third-order valence-corrected chi connectivity index (χ3v) is 5.76. The topological polar surface area (TPSA) is 78.8 Å². The third-order valence-electron chi connectivity index (χ3n) is 4.43. The molecule has 1 fully saturated rings. The summed E-state index contributed by atoms with van der Waals surface area (Å²) in [4.78, 5) is 12.2. The Morgan fingerprint density at radius 2 is 1.84 bits per heavy atom. The van der Waals surface area contributed by atoms with Gasteiger partial charge in [-0.15, -0.1) is 0 Å². The van der Waals surface area contributed by atoms with E-state index in [1.165, 1.54) is 19.3 Å². The molecule has 0 aromatic carbocycles. The lowest BCUT2D eigenvalue weighted by Crippen LogP contribution is -2.51. The number of hydrogen-bond donors (Lipinski definition) is 3. The van der Waals surface area contributed by atoms with Gasteiger partial charge in [0.2, 0.25) is 0 Å². The predicted molar refractivity (Wildman–Crippen MR) is 104 cm³/mol. The van der Waals surface area contributed by atoms with E-state index in [1.54, 1.807) is 11.8 Å². The maximum absolute atomic E-state index is 12.2. The highest BCUT2D eigenvalue weighted by atomic mass is 32.2. The van der Waals surface area contributed by atoms with Crippen LogP contribution < -0.4 is 5.32 Å². The highest BCUT2D eigenvalue weighted by Gasteiger charge is 2.33. The molecule has 0 aliphatic heterocycles. The Labute approximate surface area is 157 Å². The van der Waals surface area contributed by atoms with Gasteiger partial charge in [-0.1, -0.05) is 46.0 Å². The third kappa shape index (κ3) is 9.15. The Kier molecular flexibility index (Phi) is 9.60. The van der Waals surface area contributed by atoms with Crippen LogP contribution in [0.2, 0.25) is 0 Å². The van der Waals surface area contributed by atoms with Crippen molar-refractivity contribution in [2.75, 3.05) is 6.61 Å². The summed E-state index contributed by atoms with van der Waals surface area (Å²) < 4.78 is 5.37. The molecular weight excluding hydrogens is 338 g/mol. The standard InChI is InChI=1S/C19H37NO4S/c1-13(2)25-16(12-21)17(22)15(11-14-9-7-6-8-10-14)20-18(23)24-19(3,4)5/h13-17,21-22H,6-12H2,1-5H3,(H,20,23)/t15-,16+,17-/m0/s1. The van der Waals surface area contributed by atoms with E-state index in [9.17, 15) is 15.0 Å². The van der Waals surface area contributed by atoms with Crippen LogP contribution in [0.3, 0.4) is 0 Å². The second kappa shape index (κ2) is 10.6. The van der Waals surface area contributed by atoms with Crippen molar-refractivity contribution in [2.24, 2.45) is 5.92 Å². The molecule has 0 unspecified atom stereocenters. The number of alkyl carbamates (subject to hydrolysis) is 1. The summed E-state index contributed by atoms with van der Waals surface area (Å²) in [6.45, 7) is 9.44. The molecule has 0 aromatic rings. The highest BCUT2D eigenvalue weighted by Crippen LogP contribution is 2.30. The molecule has 25 heavy (non-hydrogen) atoms. The van der Waals surface area contributed by atoms with Gasteiger partial charge in [0.25, 0.3) is 0 Å². The largest absolute Gasteiger partial charge is 0.444 e. The highest BCUT2D eigenvalue weighted by molar-refractivity contribution is 8.00. The maximum Gasteiger partial charge on any atom is 0.407 e. The zero-order valence-corrected chi connectivity index (χ0v) is 17.3. The van der Waals surface area contributed by atoms with Crippen molar-refractivity contribution in [3.05, 3.63) is 0 Å². The number of amides is 1. The van der Waals surface area contributed by atoms with E-state index >= 15 is 0 Å². The molecule has 1 rings (SSSR count). The van der Waals surface area contributed by atoms with Gasteiger partial charge in [-0.05, 0) is 38.4 Å². The van der Waals surface area contributed by atoms with Crippen molar-refractivity contribution in [1.82, 2.24) is 5.32 Å². The molecule has 0 heterocycles. The molecule has 1 amide bonds. The van der Waals surface area contributed by atoms with E-state index < -0.39 is 23.8 Å². The van der Waals surface area contributed by atoms with Crippen molar-refractivity contribution in [2.45, 2.75) is 101 Å². The van der Waals surface area contributed by atoms with Crippen molar-refractivity contribution >= 4 is 17.9 Å². The van der Waals surface area contributed by atoms with Gasteiger partial charge in [0.05, 0.1) is 24.0 Å². The van der Waals surface area contributed by atoms with Crippen LogP contribution in [0.4, 0.5) is 4.79 Å². The SMILES string of the molecule is CC(C)S[C@H](CO)[C@@H](O)[C@H](CC1CCCCC1)NC(=O)OC(C)(C)C. The molecule has 0 radical (unpaired) electrons. The summed E-state index contributed by atoms with van der Waals surface area (Å²) in [5, 5.41) is 23.4. The lowest BCUT2D eigenvalue weighted by molar-refractivity contribution is 0.0365. The van der Waals surface area contributed by atoms with Gasteiger partial charge < -0.3 is 20.3 Å². The number of carbonyl (C=O) groups excluding carboxylic acids is 1. The van der Waals surface area contributed by atoms with E-state index in [2.05, 4.69) is 5.32 Å². The normalized spacial score (nSPS) is 20.2. The Morgan fingerprint density at radius 3 is 2.32 bits per heavy atom. The van der Waals surface area contributed by atoms with Gasteiger partial charge in [-0.3, -0.25) is 0 Å². The number of thioether (sulfide) groups is 1. The Bertz CT molecular complexity index is 391. The van der Waals surface area contributed by atoms with E-state index in [0.717, 1.165) is 19.3 Å². The molecule has 0 spiro atoms. The van der Waals surface area contributed by atoms with Crippen LogP contribution in [0.15, 0.2) is 0 Å². The van der Waals surface area contributed by atoms with E-state index in [4.69, 9.17) is 4.74 Å². The Balaban J connectivity index is 2.78. The minimum absolute atomic E-state index is 0.110. The first-order chi connectivity index (χ1) is 11.6. The average molecular weight is 376 g/mol. The summed E-state index contributed by atoms with van der Waals surface area (Å²) in [5.41, 5.74) is -0.576. The Morgan fingerprint density at radius 1 is 1.24 bits per heavy atom. The number of carbonyl (C=O) groups is 1. The van der Waals surface area contributed by atoms with Crippen LogP contribution in [-0.2, 0) is 4.74 Å². The quantitative estimate of drug-likeness (QED) is 0.603. The molecular formula is C19H37NO4S. The second-order valence-corrected chi connectivity index (χ2v) is 10.2. The van der Waals surface area contributed by atoms with Crippen LogP contribution in [0.25, 0.3) is 0 Å². The zero-order valence-electron chi connectivity index (χ0n) is 16.5. The molecule has 148 valence electrons. The first kappa shape index (κ1) is 22.6. The van der Waals surface area contributed by atoms with Gasteiger partial charge in [-0.2, -0.15) is 11.8 Å². The van der Waals surface area contributed by atoms with Crippen molar-refractivity contribution < 1.29 is 19.7 Å². The maximum atomic E-state index is 12.2. The molecule has 0 aromatic heterocycles. The summed E-state index contributed by atoms with van der Waals surface area (Å²) in [7, 11) is 0. The smallest absolute Gasteiger partial charge is 0.407 e. The fraction of sp³-hybridized carbons (Fsp3) is 0.947. The summed E-state index contributed by atoms with van der Waals surface area (Å²) >= 11 is 1.55. The number of aliphatic hydroxyl groups excluding tert-OH is 2. The van der Waals surface area contributed by atoms with Gasteiger partial charge >= 0.3 is 6.09 Å². The monoisotopic (exact) mass is 375 g/mol. The molecule has 3 atom stereocenters. The summed E-state index contributed by atoms with van der Waals surface area (Å²) in [6, 6.07) is -0.402. The molecule has 1 aliphatic rings. The summed E-state index contributed by atoms with van der Waals surface area (Å²) in [5.74, 6) is 0.506. The van der Waals surface area contributed by atoms with Crippen LogP contribution in [-0.4, -0.2) is 51.2 Å². The number of ether oxygens (including phenoxy) is 1. The number of hydrogen-bond acceptors (Lipinski definition) is 5. The zero-order chi connectivity index (χ0) is 19.0. The van der Waals surface area contributed by atoms with E-state index in [0.29, 0.717) is 11.2 Å². The van der Waals surface area contributed by atoms with Crippen LogP contribution >= 0.6 is 11.8 Å². The predicted octanol–water partition coefficient (Wildman–Crippen LogP) is 3.71. The Hall–Kier alpha value is -0.460. The van der Waals surface area contributed by atoms with Crippen molar-refractivity contribution in [3.8, 4) is 0 Å². The van der Waals surface area contributed by atoms with Gasteiger partial charge in [0.15, 0.2) is 0 Å². The lowest BCUT2D eigenvalue weighted by Gasteiger charge is -2.34. The summed E-state index contributed by atoms with van der Waals surface area (Å²) in [6.07, 6.45) is 5.40. The van der Waals surface area contributed by atoms with Crippen molar-refractivity contribution in [3.63, 3.8) is 0 Å². The number of aliphatic hydroxyl groups is 2. The molecule has 5 nitrogen and oxygen atoms in total.